The SMILES string of the molecule is N#Cc1cc(S(=O)(=O)NCc2ccc(O)c(O)c2)ccc1OC(F)(F)F. The van der Waals surface area contributed by atoms with Crippen molar-refractivity contribution >= 4 is 10.0 Å². The van der Waals surface area contributed by atoms with E-state index in [0.29, 0.717) is 5.56 Å². The molecule has 0 aromatic heterocycles. The van der Waals surface area contributed by atoms with Gasteiger partial charge in [0.1, 0.15) is 11.8 Å². The van der Waals surface area contributed by atoms with E-state index in [1.807, 2.05) is 0 Å². The van der Waals surface area contributed by atoms with Gasteiger partial charge in [0.15, 0.2) is 11.5 Å². The zero-order chi connectivity index (χ0) is 19.5. The van der Waals surface area contributed by atoms with Crippen LogP contribution in [0.1, 0.15) is 11.1 Å². The number of alkyl halides is 3. The van der Waals surface area contributed by atoms with Crippen LogP contribution in [0.5, 0.6) is 17.2 Å². The minimum absolute atomic E-state index is 0.265. The lowest BCUT2D eigenvalue weighted by Gasteiger charge is -2.12. The maximum absolute atomic E-state index is 12.3. The van der Waals surface area contributed by atoms with Crippen LogP contribution >= 0.6 is 0 Å². The molecule has 0 amide bonds. The Morgan fingerprint density at radius 3 is 2.38 bits per heavy atom. The number of halogens is 3. The summed E-state index contributed by atoms with van der Waals surface area (Å²) >= 11 is 0. The van der Waals surface area contributed by atoms with Crippen LogP contribution in [0.3, 0.4) is 0 Å². The Morgan fingerprint density at radius 2 is 1.81 bits per heavy atom. The van der Waals surface area contributed by atoms with E-state index < -0.39 is 38.3 Å². The molecule has 138 valence electrons. The van der Waals surface area contributed by atoms with Gasteiger partial charge in [-0.05, 0) is 35.9 Å². The number of hydrogen-bond acceptors (Lipinski definition) is 6. The maximum Gasteiger partial charge on any atom is 0.573 e. The summed E-state index contributed by atoms with van der Waals surface area (Å²) in [5.41, 5.74) is -0.283. The largest absolute Gasteiger partial charge is 0.573 e. The van der Waals surface area contributed by atoms with Crippen LogP contribution < -0.4 is 9.46 Å². The molecule has 0 aliphatic carbocycles. The van der Waals surface area contributed by atoms with E-state index >= 15 is 0 Å². The molecule has 0 spiro atoms. The number of phenolic OH excluding ortho intramolecular Hbond substituents is 2. The smallest absolute Gasteiger partial charge is 0.504 e. The minimum atomic E-state index is -5.02. The van der Waals surface area contributed by atoms with Gasteiger partial charge >= 0.3 is 6.36 Å². The van der Waals surface area contributed by atoms with Crippen LogP contribution in [0.4, 0.5) is 13.2 Å². The summed E-state index contributed by atoms with van der Waals surface area (Å²) in [6.45, 7) is -0.265. The van der Waals surface area contributed by atoms with E-state index in [2.05, 4.69) is 9.46 Å². The lowest BCUT2D eigenvalue weighted by atomic mass is 10.2. The van der Waals surface area contributed by atoms with Crippen LogP contribution in [0.2, 0.25) is 0 Å². The van der Waals surface area contributed by atoms with Crippen molar-refractivity contribution in [1.29, 1.82) is 5.26 Å². The molecule has 0 radical (unpaired) electrons. The van der Waals surface area contributed by atoms with Gasteiger partial charge in [0.05, 0.1) is 10.5 Å². The van der Waals surface area contributed by atoms with E-state index in [1.165, 1.54) is 12.1 Å². The fourth-order valence-corrected chi connectivity index (χ4v) is 2.96. The van der Waals surface area contributed by atoms with Gasteiger partial charge in [-0.25, -0.2) is 13.1 Å². The van der Waals surface area contributed by atoms with E-state index in [0.717, 1.165) is 30.3 Å². The Labute approximate surface area is 145 Å². The Balaban J connectivity index is 2.23. The molecule has 2 aromatic rings. The number of nitrogens with zero attached hydrogens (tertiary/aromatic N) is 1. The number of benzene rings is 2. The van der Waals surface area contributed by atoms with Crippen LogP contribution in [0.15, 0.2) is 41.3 Å². The zero-order valence-electron chi connectivity index (χ0n) is 12.8. The van der Waals surface area contributed by atoms with Crippen LogP contribution in [0.25, 0.3) is 0 Å². The summed E-state index contributed by atoms with van der Waals surface area (Å²) in [4.78, 5) is -0.438. The highest BCUT2D eigenvalue weighted by Gasteiger charge is 2.32. The average Bonchev–Trinajstić information content (AvgIpc) is 2.55. The highest BCUT2D eigenvalue weighted by Crippen LogP contribution is 2.28. The number of ether oxygens (including phenoxy) is 1. The molecule has 0 aliphatic heterocycles. The fourth-order valence-electron chi connectivity index (χ4n) is 1.92. The summed E-state index contributed by atoms with van der Waals surface area (Å²) in [6, 6.07) is 7.44. The lowest BCUT2D eigenvalue weighted by molar-refractivity contribution is -0.274. The highest BCUT2D eigenvalue weighted by atomic mass is 32.2. The second-order valence-corrected chi connectivity index (χ2v) is 6.73. The molecule has 3 N–H and O–H groups in total. The van der Waals surface area contributed by atoms with Crippen molar-refractivity contribution in [1.82, 2.24) is 4.72 Å². The Bertz CT molecular complexity index is 968. The third-order valence-corrected chi connectivity index (χ3v) is 4.51. The summed E-state index contributed by atoms with van der Waals surface area (Å²) < 4.78 is 67.1. The van der Waals surface area contributed by atoms with Gasteiger partial charge in [0, 0.05) is 6.54 Å². The molecule has 2 aromatic carbocycles. The highest BCUT2D eigenvalue weighted by molar-refractivity contribution is 7.89. The van der Waals surface area contributed by atoms with Gasteiger partial charge in [0.2, 0.25) is 10.0 Å². The standard InChI is InChI=1S/C15H11F3N2O5S/c16-15(17,18)25-14-4-2-11(6-10(14)7-19)26(23,24)20-8-9-1-3-12(21)13(22)5-9/h1-6,20-22H,8H2. The molecule has 2 rings (SSSR count). The number of aromatic hydroxyl groups is 2. The van der Waals surface area contributed by atoms with Crippen LogP contribution in [-0.4, -0.2) is 25.0 Å². The van der Waals surface area contributed by atoms with E-state index in [-0.39, 0.29) is 12.3 Å². The van der Waals surface area contributed by atoms with E-state index in [1.54, 1.807) is 0 Å². The molecule has 0 atom stereocenters. The minimum Gasteiger partial charge on any atom is -0.504 e. The summed E-state index contributed by atoms with van der Waals surface area (Å²) in [7, 11) is -4.16. The topological polar surface area (TPSA) is 120 Å². The average molecular weight is 388 g/mol. The number of nitriles is 1. The fraction of sp³-hybridized carbons (Fsp3) is 0.133. The molecule has 0 aliphatic rings. The third-order valence-electron chi connectivity index (χ3n) is 3.11. The van der Waals surface area contributed by atoms with Crippen molar-refractivity contribution in [2.45, 2.75) is 17.8 Å². The van der Waals surface area contributed by atoms with Crippen molar-refractivity contribution in [3.63, 3.8) is 0 Å². The predicted octanol–water partition coefficient (Wildman–Crippen LogP) is 2.35. The van der Waals surface area contributed by atoms with Crippen LogP contribution in [-0.2, 0) is 16.6 Å². The first kappa shape index (κ1) is 19.4. The van der Waals surface area contributed by atoms with Crippen molar-refractivity contribution in [3.05, 3.63) is 47.5 Å². The quantitative estimate of drug-likeness (QED) is 0.677. The van der Waals surface area contributed by atoms with Crippen molar-refractivity contribution < 1.29 is 36.5 Å². The van der Waals surface area contributed by atoms with Gasteiger partial charge < -0.3 is 14.9 Å². The first-order valence-corrected chi connectivity index (χ1v) is 8.30. The normalized spacial score (nSPS) is 11.8. The van der Waals surface area contributed by atoms with Crippen molar-refractivity contribution in [2.24, 2.45) is 0 Å². The van der Waals surface area contributed by atoms with Gasteiger partial charge in [-0.2, -0.15) is 5.26 Å². The number of sulfonamides is 1. The van der Waals surface area contributed by atoms with Crippen molar-refractivity contribution in [3.8, 4) is 23.3 Å². The second kappa shape index (κ2) is 7.11. The first-order valence-electron chi connectivity index (χ1n) is 6.82. The summed E-state index contributed by atoms with van der Waals surface area (Å²) in [6.07, 6.45) is -5.02. The molecule has 0 fully saturated rings. The predicted molar refractivity (Wildman–Crippen MR) is 81.6 cm³/mol. The van der Waals surface area contributed by atoms with Gasteiger partial charge in [0.25, 0.3) is 0 Å². The molecular weight excluding hydrogens is 377 g/mol. The Morgan fingerprint density at radius 1 is 1.12 bits per heavy atom. The second-order valence-electron chi connectivity index (χ2n) is 4.97. The Kier molecular flexibility index (Phi) is 5.29. The van der Waals surface area contributed by atoms with Crippen molar-refractivity contribution in [2.75, 3.05) is 0 Å². The third kappa shape index (κ3) is 4.78. The molecule has 7 nitrogen and oxygen atoms in total. The number of phenols is 2. The van der Waals surface area contributed by atoms with Gasteiger partial charge in [-0.3, -0.25) is 0 Å². The molecular formula is C15H11F3N2O5S. The molecule has 11 heteroatoms. The maximum atomic E-state index is 12.3. The molecule has 0 heterocycles. The Hall–Kier alpha value is -2.97. The monoisotopic (exact) mass is 388 g/mol. The molecule has 0 bridgehead atoms. The zero-order valence-corrected chi connectivity index (χ0v) is 13.6. The van der Waals surface area contributed by atoms with Crippen LogP contribution in [0, 0.1) is 11.3 Å². The number of nitrogens with one attached hydrogen (secondary N) is 1. The van der Waals surface area contributed by atoms with Gasteiger partial charge in [-0.1, -0.05) is 6.07 Å². The molecule has 26 heavy (non-hydrogen) atoms. The van der Waals surface area contributed by atoms with Gasteiger partial charge in [-0.15, -0.1) is 13.2 Å². The van der Waals surface area contributed by atoms with E-state index in [4.69, 9.17) is 5.26 Å². The lowest BCUT2D eigenvalue weighted by Crippen LogP contribution is -2.23. The number of hydrogen-bond donors (Lipinski definition) is 3. The van der Waals surface area contributed by atoms with E-state index in [9.17, 15) is 31.8 Å². The molecule has 0 saturated carbocycles. The summed E-state index contributed by atoms with van der Waals surface area (Å²) in [5.74, 6) is -1.64. The molecule has 0 unspecified atom stereocenters. The number of rotatable bonds is 5. The first-order chi connectivity index (χ1) is 12.0. The summed E-state index contributed by atoms with van der Waals surface area (Å²) in [5, 5.41) is 27.5. The molecule has 0 saturated heterocycles.